The van der Waals surface area contributed by atoms with Gasteiger partial charge in [-0.25, -0.2) is 9.59 Å². The average molecular weight is 538 g/mol. The zero-order valence-electron chi connectivity index (χ0n) is 20.1. The van der Waals surface area contributed by atoms with Crippen molar-refractivity contribution in [3.63, 3.8) is 0 Å². The maximum atomic E-state index is 12.9. The number of amides is 4. The highest BCUT2D eigenvalue weighted by atomic mass is 19.4. The smallest absolute Gasteiger partial charge is 0.336 e. The van der Waals surface area contributed by atoms with Gasteiger partial charge in [-0.1, -0.05) is 29.8 Å². The maximum Gasteiger partial charge on any atom is 0.416 e. The molecule has 0 saturated heterocycles. The first-order valence-corrected chi connectivity index (χ1v) is 11.3. The molecule has 38 heavy (non-hydrogen) atoms. The van der Waals surface area contributed by atoms with E-state index in [1.54, 1.807) is 0 Å². The maximum absolute atomic E-state index is 12.9. The van der Waals surface area contributed by atoms with Crippen molar-refractivity contribution in [3.8, 4) is 0 Å². The molecule has 0 aliphatic rings. The third kappa shape index (κ3) is 8.43. The minimum absolute atomic E-state index is 0.0151. The van der Waals surface area contributed by atoms with Crippen LogP contribution >= 0.6 is 0 Å². The number of nitrogens with one attached hydrogen (secondary N) is 3. The Hall–Kier alpha value is -4.22. The van der Waals surface area contributed by atoms with Crippen molar-refractivity contribution in [3.05, 3.63) is 95.1 Å². The van der Waals surface area contributed by atoms with Crippen LogP contribution in [0.2, 0.25) is 0 Å². The molecule has 0 unspecified atom stereocenters. The van der Waals surface area contributed by atoms with E-state index in [4.69, 9.17) is 0 Å². The Balaban J connectivity index is 1.61. The fourth-order valence-corrected chi connectivity index (χ4v) is 3.33. The Labute approximate surface area is 214 Å². The highest BCUT2D eigenvalue weighted by Crippen LogP contribution is 2.30. The number of alkyl halides is 6. The fraction of sp³-hybridized carbons (Fsp3) is 0.231. The van der Waals surface area contributed by atoms with Gasteiger partial charge in [-0.05, 0) is 61.0 Å². The molecule has 0 aliphatic heterocycles. The second-order valence-corrected chi connectivity index (χ2v) is 8.37. The summed E-state index contributed by atoms with van der Waals surface area (Å²) in [4.78, 5) is 26.5. The predicted octanol–water partition coefficient (Wildman–Crippen LogP) is 6.89. The summed E-state index contributed by atoms with van der Waals surface area (Å²) < 4.78 is 76.5. The summed E-state index contributed by atoms with van der Waals surface area (Å²) in [5.41, 5.74) is 0.394. The lowest BCUT2D eigenvalue weighted by molar-refractivity contribution is -0.138. The number of halogens is 6. The van der Waals surface area contributed by atoms with Gasteiger partial charge in [-0.3, -0.25) is 0 Å². The zero-order valence-corrected chi connectivity index (χ0v) is 20.1. The third-order valence-electron chi connectivity index (χ3n) is 5.38. The van der Waals surface area contributed by atoms with Gasteiger partial charge in [0.15, 0.2) is 0 Å². The summed E-state index contributed by atoms with van der Waals surface area (Å²) in [6.07, 6.45) is -9.00. The molecule has 202 valence electrons. The Morgan fingerprint density at radius 1 is 0.711 bits per heavy atom. The van der Waals surface area contributed by atoms with Crippen molar-refractivity contribution < 1.29 is 35.9 Å². The molecule has 6 nitrogen and oxygen atoms in total. The largest absolute Gasteiger partial charge is 0.416 e. The number of hydrogen-bond donors (Lipinski definition) is 3. The first-order chi connectivity index (χ1) is 17.8. The number of hydrogen-bond acceptors (Lipinski definition) is 2. The molecule has 0 radical (unpaired) electrons. The minimum Gasteiger partial charge on any atom is -0.336 e. The van der Waals surface area contributed by atoms with Crippen molar-refractivity contribution in [1.82, 2.24) is 10.2 Å². The van der Waals surface area contributed by atoms with Gasteiger partial charge < -0.3 is 20.9 Å². The van der Waals surface area contributed by atoms with Crippen molar-refractivity contribution in [1.29, 1.82) is 0 Å². The van der Waals surface area contributed by atoms with Crippen LogP contribution in [-0.4, -0.2) is 30.1 Å². The van der Waals surface area contributed by atoms with E-state index in [9.17, 15) is 35.9 Å². The Morgan fingerprint density at radius 2 is 1.18 bits per heavy atom. The van der Waals surface area contributed by atoms with E-state index in [2.05, 4.69) is 16.0 Å². The number of anilines is 2. The van der Waals surface area contributed by atoms with Gasteiger partial charge in [-0.15, -0.1) is 0 Å². The minimum atomic E-state index is -4.51. The second kappa shape index (κ2) is 11.9. The molecule has 0 spiro atoms. The molecule has 3 aromatic carbocycles. The van der Waals surface area contributed by atoms with Crippen molar-refractivity contribution in [2.75, 3.05) is 23.7 Å². The molecule has 3 aromatic rings. The van der Waals surface area contributed by atoms with E-state index in [-0.39, 0.29) is 31.0 Å². The van der Waals surface area contributed by atoms with Gasteiger partial charge in [0.1, 0.15) is 0 Å². The van der Waals surface area contributed by atoms with Crippen LogP contribution in [-0.2, 0) is 18.9 Å². The van der Waals surface area contributed by atoms with E-state index in [0.29, 0.717) is 0 Å². The standard InChI is InChI=1S/C26H24F6N4O2/c1-17-2-4-18(5-3-17)16-36(24(38)35-22-12-8-20(9-13-22)26(30,31)32)15-14-33-23(37)34-21-10-6-19(7-11-21)25(27,28)29/h2-13H,14-16H2,1H3,(H,35,38)(H2,33,34,37). The molecule has 4 amide bonds. The van der Waals surface area contributed by atoms with Crippen molar-refractivity contribution in [2.24, 2.45) is 0 Å². The molecule has 0 heterocycles. The lowest BCUT2D eigenvalue weighted by atomic mass is 10.1. The molecule has 0 aliphatic carbocycles. The molecular weight excluding hydrogens is 514 g/mol. The first kappa shape index (κ1) is 28.4. The van der Waals surface area contributed by atoms with Crippen LogP contribution in [0.4, 0.5) is 47.3 Å². The zero-order chi connectivity index (χ0) is 27.9. The number of urea groups is 2. The number of nitrogens with zero attached hydrogens (tertiary/aromatic N) is 1. The predicted molar refractivity (Wildman–Crippen MR) is 131 cm³/mol. The SMILES string of the molecule is Cc1ccc(CN(CCNC(=O)Nc2ccc(C(F)(F)F)cc2)C(=O)Nc2ccc(C(F)(F)F)cc2)cc1. The highest BCUT2D eigenvalue weighted by molar-refractivity contribution is 5.90. The van der Waals surface area contributed by atoms with E-state index >= 15 is 0 Å². The van der Waals surface area contributed by atoms with Crippen molar-refractivity contribution >= 4 is 23.4 Å². The first-order valence-electron chi connectivity index (χ1n) is 11.3. The summed E-state index contributed by atoms with van der Waals surface area (Å²) in [6, 6.07) is 14.0. The molecule has 0 atom stereocenters. The van der Waals surface area contributed by atoms with Gasteiger partial charge in [0, 0.05) is 31.0 Å². The van der Waals surface area contributed by atoms with Crippen LogP contribution in [0.25, 0.3) is 0 Å². The quantitative estimate of drug-likeness (QED) is 0.287. The third-order valence-corrected chi connectivity index (χ3v) is 5.38. The molecular formula is C26H24F6N4O2. The molecule has 3 rings (SSSR count). The Kier molecular flexibility index (Phi) is 8.87. The van der Waals surface area contributed by atoms with E-state index in [1.165, 1.54) is 4.90 Å². The molecule has 0 fully saturated rings. The summed E-state index contributed by atoms with van der Waals surface area (Å²) in [6.45, 7) is 2.06. The van der Waals surface area contributed by atoms with Crippen LogP contribution in [0.5, 0.6) is 0 Å². The summed E-state index contributed by atoms with van der Waals surface area (Å²) in [5, 5.41) is 7.48. The van der Waals surface area contributed by atoms with Crippen LogP contribution in [0.3, 0.4) is 0 Å². The molecule has 0 aromatic heterocycles. The summed E-state index contributed by atoms with van der Waals surface area (Å²) in [5.74, 6) is 0. The molecule has 0 saturated carbocycles. The summed E-state index contributed by atoms with van der Waals surface area (Å²) in [7, 11) is 0. The lowest BCUT2D eigenvalue weighted by Gasteiger charge is -2.24. The lowest BCUT2D eigenvalue weighted by Crippen LogP contribution is -2.41. The van der Waals surface area contributed by atoms with Crippen LogP contribution in [0, 0.1) is 6.92 Å². The van der Waals surface area contributed by atoms with E-state index in [1.807, 2.05) is 31.2 Å². The Bertz CT molecular complexity index is 1230. The molecule has 12 heteroatoms. The van der Waals surface area contributed by atoms with Crippen LogP contribution in [0.1, 0.15) is 22.3 Å². The fourth-order valence-electron chi connectivity index (χ4n) is 3.33. The number of carbonyl (C=O) groups is 2. The number of carbonyl (C=O) groups excluding carboxylic acids is 2. The van der Waals surface area contributed by atoms with Gasteiger partial charge >= 0.3 is 24.4 Å². The van der Waals surface area contributed by atoms with Gasteiger partial charge in [0.2, 0.25) is 0 Å². The number of aryl methyl sites for hydroxylation is 1. The Morgan fingerprint density at radius 3 is 1.66 bits per heavy atom. The summed E-state index contributed by atoms with van der Waals surface area (Å²) >= 11 is 0. The normalized spacial score (nSPS) is 11.6. The topological polar surface area (TPSA) is 73.5 Å². The van der Waals surface area contributed by atoms with Gasteiger partial charge in [0.05, 0.1) is 11.1 Å². The van der Waals surface area contributed by atoms with Gasteiger partial charge in [-0.2, -0.15) is 26.3 Å². The molecule has 3 N–H and O–H groups in total. The monoisotopic (exact) mass is 538 g/mol. The highest BCUT2D eigenvalue weighted by Gasteiger charge is 2.30. The number of benzene rings is 3. The molecule has 0 bridgehead atoms. The average Bonchev–Trinajstić information content (AvgIpc) is 2.84. The van der Waals surface area contributed by atoms with E-state index < -0.39 is 35.5 Å². The van der Waals surface area contributed by atoms with Gasteiger partial charge in [0.25, 0.3) is 0 Å². The van der Waals surface area contributed by atoms with Crippen LogP contribution < -0.4 is 16.0 Å². The second-order valence-electron chi connectivity index (χ2n) is 8.37. The van der Waals surface area contributed by atoms with Crippen LogP contribution in [0.15, 0.2) is 72.8 Å². The van der Waals surface area contributed by atoms with E-state index in [0.717, 1.165) is 59.7 Å². The number of rotatable bonds is 7. The van der Waals surface area contributed by atoms with Crippen molar-refractivity contribution in [2.45, 2.75) is 25.8 Å².